The van der Waals surface area contributed by atoms with Crippen LogP contribution < -0.4 is 17.0 Å². The van der Waals surface area contributed by atoms with Gasteiger partial charge in [-0.15, -0.1) is 0 Å². The van der Waals surface area contributed by atoms with Crippen LogP contribution in [0.3, 0.4) is 0 Å². The number of rotatable bonds is 11. The van der Waals surface area contributed by atoms with E-state index in [0.717, 1.165) is 6.42 Å². The average Bonchev–Trinajstić information content (AvgIpc) is 2.21. The summed E-state index contributed by atoms with van der Waals surface area (Å²) in [7, 11) is 0. The smallest absolute Gasteiger partial charge is 1.00 e. The summed E-state index contributed by atoms with van der Waals surface area (Å²) in [6.07, 6.45) is 16.9. The van der Waals surface area contributed by atoms with Crippen LogP contribution in [0.15, 0.2) is 0 Å². The monoisotopic (exact) mass is 300 g/mol. The van der Waals surface area contributed by atoms with Gasteiger partial charge in [0, 0.05) is 0 Å². The fraction of sp³-hybridized carbons (Fsp3) is 0.929. The molecule has 0 aromatic heterocycles. The zero-order valence-electron chi connectivity index (χ0n) is 11.3. The van der Waals surface area contributed by atoms with Gasteiger partial charge in [0.05, 0.1) is 0 Å². The summed E-state index contributed by atoms with van der Waals surface area (Å²) in [5.74, 6) is 0. The van der Waals surface area contributed by atoms with Gasteiger partial charge in [-0.1, -0.05) is 77.6 Å². The summed E-state index contributed by atoms with van der Waals surface area (Å²) in [6, 6.07) is 0. The van der Waals surface area contributed by atoms with Crippen LogP contribution in [0.2, 0.25) is 0 Å². The average molecular weight is 302 g/mol. The van der Waals surface area contributed by atoms with E-state index in [-0.39, 0.29) is 40.0 Å². The van der Waals surface area contributed by atoms with Gasteiger partial charge in [-0.25, -0.2) is 0 Å². The van der Waals surface area contributed by atoms with Crippen LogP contribution in [-0.2, 0) is 0 Å². The molecule has 0 N–H and O–H groups in total. The molecule has 0 fully saturated rings. The van der Waals surface area contributed by atoms with Crippen molar-refractivity contribution in [2.45, 2.75) is 84.0 Å². The summed E-state index contributed by atoms with van der Waals surface area (Å²) >= 11 is 0. The van der Waals surface area contributed by atoms with Gasteiger partial charge in [0.15, 0.2) is 0 Å². The third-order valence-corrected chi connectivity index (χ3v) is 2.85. The van der Waals surface area contributed by atoms with Crippen LogP contribution in [0, 0.1) is 6.92 Å². The van der Waals surface area contributed by atoms with Gasteiger partial charge in [0.1, 0.15) is 0 Å². The van der Waals surface area contributed by atoms with E-state index in [0.29, 0.717) is 0 Å². The Morgan fingerprint density at radius 2 is 0.938 bits per heavy atom. The molecule has 2 heteroatoms. The molecule has 0 saturated carbocycles. The molecule has 0 aliphatic carbocycles. The van der Waals surface area contributed by atoms with Crippen molar-refractivity contribution in [2.24, 2.45) is 0 Å². The van der Waals surface area contributed by atoms with Gasteiger partial charge in [0.25, 0.3) is 0 Å². The molecule has 0 spiro atoms. The van der Waals surface area contributed by atoms with Crippen molar-refractivity contribution in [3.05, 3.63) is 6.92 Å². The van der Waals surface area contributed by atoms with Crippen LogP contribution >= 0.6 is 0 Å². The fourth-order valence-corrected chi connectivity index (χ4v) is 1.84. The molecule has 0 aromatic carbocycles. The van der Waals surface area contributed by atoms with Crippen molar-refractivity contribution < 1.29 is 17.0 Å². The first-order valence-corrected chi connectivity index (χ1v) is 6.71. The maximum absolute atomic E-state index is 3.86. The fourth-order valence-electron chi connectivity index (χ4n) is 1.84. The van der Waals surface area contributed by atoms with Crippen LogP contribution in [0.5, 0.6) is 0 Å². The second-order valence-corrected chi connectivity index (χ2v) is 4.39. The summed E-state index contributed by atoms with van der Waals surface area (Å²) in [6.45, 7) is 6.14. The Bertz CT molecular complexity index is 84.7. The first-order valence-electron chi connectivity index (χ1n) is 6.71. The third-order valence-electron chi connectivity index (χ3n) is 2.85. The Hall–Kier alpha value is 1.25. The molecule has 94 valence electrons. The van der Waals surface area contributed by atoms with Crippen molar-refractivity contribution in [3.63, 3.8) is 0 Å². The molecule has 0 bridgehead atoms. The van der Waals surface area contributed by atoms with Crippen molar-refractivity contribution in [3.8, 4) is 0 Å². The molecule has 0 saturated heterocycles. The number of hydrogen-bond donors (Lipinski definition) is 0. The number of unbranched alkanes of at least 4 members (excludes halogenated alkanes) is 11. The van der Waals surface area contributed by atoms with Gasteiger partial charge in [-0.3, -0.25) is 0 Å². The van der Waals surface area contributed by atoms with E-state index in [9.17, 15) is 0 Å². The van der Waals surface area contributed by atoms with Crippen molar-refractivity contribution in [1.29, 1.82) is 0 Å². The van der Waals surface area contributed by atoms with Crippen LogP contribution in [0.1, 0.15) is 84.0 Å². The normalized spacial score (nSPS) is 9.38. The van der Waals surface area contributed by atoms with Crippen molar-refractivity contribution in [2.75, 3.05) is 0 Å². The zero-order valence-corrected chi connectivity index (χ0v) is 14.3. The van der Waals surface area contributed by atoms with Gasteiger partial charge in [0.2, 0.25) is 0 Å². The van der Waals surface area contributed by atoms with E-state index < -0.39 is 0 Å². The first-order chi connectivity index (χ1) is 6.91. The molecule has 0 nitrogen and oxygen atoms in total. The predicted molar refractivity (Wildman–Crippen MR) is 72.2 cm³/mol. The van der Waals surface area contributed by atoms with E-state index in [1.807, 2.05) is 0 Å². The van der Waals surface area contributed by atoms with Crippen molar-refractivity contribution in [1.82, 2.24) is 0 Å². The van der Waals surface area contributed by atoms with E-state index >= 15 is 0 Å². The summed E-state index contributed by atoms with van der Waals surface area (Å²) < 4.78 is 0. The molecular formula is C14H29BrMg. The van der Waals surface area contributed by atoms with Gasteiger partial charge < -0.3 is 23.9 Å². The Kier molecular flexibility index (Phi) is 30.2. The minimum absolute atomic E-state index is 0. The van der Waals surface area contributed by atoms with Crippen LogP contribution in [0.25, 0.3) is 0 Å². The predicted octanol–water partition coefficient (Wildman–Crippen LogP) is 2.14. The first kappa shape index (κ1) is 22.4. The summed E-state index contributed by atoms with van der Waals surface area (Å²) in [5, 5.41) is 0. The molecule has 0 aliphatic rings. The summed E-state index contributed by atoms with van der Waals surface area (Å²) in [5.41, 5.74) is 0. The standard InChI is InChI=1S/C14H29.BrH.Mg/c1-3-5-7-9-11-13-14-12-10-8-6-4-2;;/h1,3-14H2,2H3;1H;/q-1;;+2/p-1. The number of halogens is 1. The second kappa shape index (κ2) is 21.5. The molecule has 0 radical (unpaired) electrons. The molecular weight excluding hydrogens is 272 g/mol. The van der Waals surface area contributed by atoms with E-state index in [1.165, 1.54) is 70.6 Å². The van der Waals surface area contributed by atoms with E-state index in [2.05, 4.69) is 13.8 Å². The zero-order chi connectivity index (χ0) is 10.5. The van der Waals surface area contributed by atoms with Gasteiger partial charge >= 0.3 is 23.1 Å². The molecule has 16 heavy (non-hydrogen) atoms. The Morgan fingerprint density at radius 3 is 1.25 bits per heavy atom. The van der Waals surface area contributed by atoms with Gasteiger partial charge in [-0.05, 0) is 0 Å². The van der Waals surface area contributed by atoms with Crippen LogP contribution in [0.4, 0.5) is 0 Å². The summed E-state index contributed by atoms with van der Waals surface area (Å²) in [4.78, 5) is 0. The molecule has 0 heterocycles. The number of hydrogen-bond acceptors (Lipinski definition) is 0. The third kappa shape index (κ3) is 20.6. The molecule has 0 rings (SSSR count). The second-order valence-electron chi connectivity index (χ2n) is 4.39. The van der Waals surface area contributed by atoms with E-state index in [1.54, 1.807) is 0 Å². The molecule has 0 aliphatic heterocycles. The molecule has 0 atom stereocenters. The minimum Gasteiger partial charge on any atom is -1.00 e. The molecule has 0 unspecified atom stereocenters. The van der Waals surface area contributed by atoms with E-state index in [4.69, 9.17) is 0 Å². The Labute approximate surface area is 130 Å². The quantitative estimate of drug-likeness (QED) is 0.312. The van der Waals surface area contributed by atoms with Crippen molar-refractivity contribution >= 4 is 23.1 Å². The maximum Gasteiger partial charge on any atom is 2.00 e. The molecule has 0 aromatic rings. The molecule has 0 amide bonds. The van der Waals surface area contributed by atoms with Gasteiger partial charge in [-0.2, -0.15) is 6.42 Å². The Morgan fingerprint density at radius 1 is 0.625 bits per heavy atom. The SMILES string of the molecule is [Br-].[CH2-]CCCCCCCCCCCCC.[Mg+2]. The maximum atomic E-state index is 3.86. The topological polar surface area (TPSA) is 0 Å². The minimum atomic E-state index is 0. The van der Waals surface area contributed by atoms with Crippen LogP contribution in [-0.4, -0.2) is 23.1 Å². The Balaban J connectivity index is -0.000000845. The largest absolute Gasteiger partial charge is 2.00 e.